The number of rotatable bonds is 0. The molecule has 4 atom stereocenters. The highest BCUT2D eigenvalue weighted by Crippen LogP contribution is 2.30. The van der Waals surface area contributed by atoms with Crippen LogP contribution in [0, 0.1) is 0 Å². The lowest BCUT2D eigenvalue weighted by Gasteiger charge is -2.40. The Morgan fingerprint density at radius 1 is 0.818 bits per heavy atom. The first kappa shape index (κ1) is 7.53. The number of hydrogen-bond donors (Lipinski definition) is 2. The summed E-state index contributed by atoms with van der Waals surface area (Å²) in [5.41, 5.74) is 0. The van der Waals surface area contributed by atoms with Crippen LogP contribution in [0.2, 0.25) is 0 Å². The van der Waals surface area contributed by atoms with Crippen LogP contribution in [-0.2, 0) is 4.74 Å². The highest BCUT2D eigenvalue weighted by Gasteiger charge is 2.37. The van der Waals surface area contributed by atoms with E-state index in [1.165, 1.54) is 0 Å². The van der Waals surface area contributed by atoms with Crippen LogP contribution in [0.25, 0.3) is 0 Å². The topological polar surface area (TPSA) is 49.7 Å². The molecule has 2 saturated heterocycles. The summed E-state index contributed by atoms with van der Waals surface area (Å²) in [6, 6.07) is 0. The smallest absolute Gasteiger partial charge is 0.0840 e. The minimum atomic E-state index is -0.293. The molecule has 2 heterocycles. The molecule has 0 aromatic rings. The van der Waals surface area contributed by atoms with Gasteiger partial charge in [-0.1, -0.05) is 0 Å². The fraction of sp³-hybridized carbons (Fsp3) is 1.00. The van der Waals surface area contributed by atoms with Gasteiger partial charge in [-0.3, -0.25) is 0 Å². The Morgan fingerprint density at radius 3 is 1.73 bits per heavy atom. The molecule has 3 heteroatoms. The van der Waals surface area contributed by atoms with Crippen molar-refractivity contribution in [2.45, 2.75) is 50.1 Å². The van der Waals surface area contributed by atoms with E-state index in [1.54, 1.807) is 0 Å². The highest BCUT2D eigenvalue weighted by molar-refractivity contribution is 4.87. The molecule has 2 aliphatic heterocycles. The van der Waals surface area contributed by atoms with E-state index in [0.717, 1.165) is 25.7 Å². The fourth-order valence-corrected chi connectivity index (χ4v) is 1.97. The summed E-state index contributed by atoms with van der Waals surface area (Å²) in [7, 11) is 0. The van der Waals surface area contributed by atoms with Gasteiger partial charge in [-0.15, -0.1) is 0 Å². The molecular weight excluding hydrogens is 144 g/mol. The van der Waals surface area contributed by atoms with Crippen LogP contribution in [0.5, 0.6) is 0 Å². The average molecular weight is 158 g/mol. The fourth-order valence-electron chi connectivity index (χ4n) is 1.97. The van der Waals surface area contributed by atoms with Crippen LogP contribution in [0.15, 0.2) is 0 Å². The van der Waals surface area contributed by atoms with E-state index in [0.29, 0.717) is 0 Å². The quantitative estimate of drug-likeness (QED) is 0.523. The highest BCUT2D eigenvalue weighted by atomic mass is 16.5. The molecule has 0 spiro atoms. The van der Waals surface area contributed by atoms with Crippen molar-refractivity contribution in [1.82, 2.24) is 0 Å². The third kappa shape index (κ3) is 1.28. The number of aliphatic hydroxyl groups excluding tert-OH is 2. The Hall–Kier alpha value is -0.120. The van der Waals surface area contributed by atoms with Gasteiger partial charge in [0.15, 0.2) is 0 Å². The molecule has 0 aliphatic carbocycles. The van der Waals surface area contributed by atoms with E-state index in [4.69, 9.17) is 4.74 Å². The summed E-state index contributed by atoms with van der Waals surface area (Å²) in [6.07, 6.45) is 2.59. The molecule has 2 N–H and O–H groups in total. The van der Waals surface area contributed by atoms with E-state index < -0.39 is 0 Å². The molecule has 2 rings (SSSR count). The Morgan fingerprint density at radius 2 is 1.27 bits per heavy atom. The second kappa shape index (κ2) is 2.73. The number of hydrogen-bond acceptors (Lipinski definition) is 3. The van der Waals surface area contributed by atoms with Gasteiger partial charge in [-0.25, -0.2) is 0 Å². The Bertz CT molecular complexity index is 132. The number of ether oxygens (including phenoxy) is 1. The first-order valence-corrected chi connectivity index (χ1v) is 4.29. The van der Waals surface area contributed by atoms with Gasteiger partial charge in [0.25, 0.3) is 0 Å². The van der Waals surface area contributed by atoms with Crippen LogP contribution in [-0.4, -0.2) is 34.6 Å². The predicted octanol–water partition coefficient (Wildman–Crippen LogP) is 0.0496. The zero-order valence-electron chi connectivity index (χ0n) is 6.44. The van der Waals surface area contributed by atoms with E-state index in [2.05, 4.69) is 0 Å². The standard InChI is InChI=1S/C8H14O3/c9-5-1-3-7-6(10)2-4-8(5)11-7/h5-10H,1-4H2. The maximum absolute atomic E-state index is 9.40. The van der Waals surface area contributed by atoms with Gasteiger partial charge in [0.1, 0.15) is 0 Å². The molecule has 4 unspecified atom stereocenters. The molecular formula is C8H14O3. The largest absolute Gasteiger partial charge is 0.390 e. The molecule has 0 amide bonds. The maximum atomic E-state index is 9.40. The van der Waals surface area contributed by atoms with Crippen molar-refractivity contribution in [1.29, 1.82) is 0 Å². The van der Waals surface area contributed by atoms with E-state index in [9.17, 15) is 10.2 Å². The van der Waals surface area contributed by atoms with Crippen molar-refractivity contribution >= 4 is 0 Å². The lowest BCUT2D eigenvalue weighted by atomic mass is 9.88. The van der Waals surface area contributed by atoms with Crippen molar-refractivity contribution in [3.05, 3.63) is 0 Å². The minimum absolute atomic E-state index is 0.00264. The Balaban J connectivity index is 2.02. The molecule has 0 saturated carbocycles. The van der Waals surface area contributed by atoms with Crippen molar-refractivity contribution in [3.8, 4) is 0 Å². The van der Waals surface area contributed by atoms with Crippen molar-refractivity contribution in [3.63, 3.8) is 0 Å². The molecule has 0 radical (unpaired) electrons. The summed E-state index contributed by atoms with van der Waals surface area (Å²) in [5, 5.41) is 18.8. The van der Waals surface area contributed by atoms with Gasteiger partial charge in [-0.05, 0) is 25.7 Å². The van der Waals surface area contributed by atoms with Crippen LogP contribution < -0.4 is 0 Å². The number of aliphatic hydroxyl groups is 2. The first-order chi connectivity index (χ1) is 5.27. The summed E-state index contributed by atoms with van der Waals surface area (Å²) in [6.45, 7) is 0. The van der Waals surface area contributed by atoms with Gasteiger partial charge in [-0.2, -0.15) is 0 Å². The normalized spacial score (nSPS) is 50.7. The van der Waals surface area contributed by atoms with Gasteiger partial charge in [0.2, 0.25) is 0 Å². The molecule has 11 heavy (non-hydrogen) atoms. The third-order valence-corrected chi connectivity index (χ3v) is 2.70. The van der Waals surface area contributed by atoms with E-state index in [-0.39, 0.29) is 24.4 Å². The first-order valence-electron chi connectivity index (χ1n) is 4.29. The predicted molar refractivity (Wildman–Crippen MR) is 39.1 cm³/mol. The minimum Gasteiger partial charge on any atom is -0.390 e. The Labute approximate surface area is 66.0 Å². The molecule has 3 nitrogen and oxygen atoms in total. The monoisotopic (exact) mass is 158 g/mol. The van der Waals surface area contributed by atoms with E-state index >= 15 is 0 Å². The van der Waals surface area contributed by atoms with Gasteiger partial charge >= 0.3 is 0 Å². The summed E-state index contributed by atoms with van der Waals surface area (Å²) in [5.74, 6) is 0. The number of fused-ring (bicyclic) bond motifs is 2. The molecule has 0 aromatic carbocycles. The molecule has 64 valence electrons. The third-order valence-electron chi connectivity index (χ3n) is 2.70. The Kier molecular flexibility index (Phi) is 1.87. The van der Waals surface area contributed by atoms with Crippen LogP contribution >= 0.6 is 0 Å². The van der Waals surface area contributed by atoms with Gasteiger partial charge in [0, 0.05) is 0 Å². The lowest BCUT2D eigenvalue weighted by Crippen LogP contribution is -2.48. The zero-order chi connectivity index (χ0) is 7.84. The van der Waals surface area contributed by atoms with Crippen molar-refractivity contribution < 1.29 is 14.9 Å². The zero-order valence-corrected chi connectivity index (χ0v) is 6.44. The van der Waals surface area contributed by atoms with Crippen LogP contribution in [0.4, 0.5) is 0 Å². The molecule has 2 bridgehead atoms. The maximum Gasteiger partial charge on any atom is 0.0840 e. The van der Waals surface area contributed by atoms with Crippen LogP contribution in [0.1, 0.15) is 25.7 Å². The second-order valence-corrected chi connectivity index (χ2v) is 3.50. The molecule has 0 aromatic heterocycles. The van der Waals surface area contributed by atoms with Gasteiger partial charge < -0.3 is 14.9 Å². The average Bonchev–Trinajstić information content (AvgIpc) is 2.02. The summed E-state index contributed by atoms with van der Waals surface area (Å²) >= 11 is 0. The summed E-state index contributed by atoms with van der Waals surface area (Å²) in [4.78, 5) is 0. The van der Waals surface area contributed by atoms with Crippen LogP contribution in [0.3, 0.4) is 0 Å². The van der Waals surface area contributed by atoms with Crippen molar-refractivity contribution in [2.75, 3.05) is 0 Å². The lowest BCUT2D eigenvalue weighted by molar-refractivity contribution is -0.182. The SMILES string of the molecule is OC1CCC2OC1CCC2O. The summed E-state index contributed by atoms with van der Waals surface area (Å²) < 4.78 is 5.45. The second-order valence-electron chi connectivity index (χ2n) is 3.50. The van der Waals surface area contributed by atoms with Gasteiger partial charge in [0.05, 0.1) is 24.4 Å². The molecule has 2 aliphatic rings. The van der Waals surface area contributed by atoms with E-state index in [1.807, 2.05) is 0 Å². The molecule has 2 fully saturated rings. The van der Waals surface area contributed by atoms with Crippen molar-refractivity contribution in [2.24, 2.45) is 0 Å².